The molecule has 0 aliphatic carbocycles. The molecule has 1 amide bonds. The van der Waals surface area contributed by atoms with Gasteiger partial charge in [0.15, 0.2) is 0 Å². The van der Waals surface area contributed by atoms with Crippen LogP contribution in [0.4, 0.5) is 10.7 Å². The van der Waals surface area contributed by atoms with E-state index in [4.69, 9.17) is 4.74 Å². The van der Waals surface area contributed by atoms with Gasteiger partial charge in [0.2, 0.25) is 5.95 Å². The van der Waals surface area contributed by atoms with E-state index in [1.807, 2.05) is 50.5 Å². The second kappa shape index (κ2) is 5.44. The molecule has 0 atom stereocenters. The molecule has 0 aliphatic heterocycles. The number of rotatable bonds is 2. The highest BCUT2D eigenvalue weighted by Crippen LogP contribution is 2.23. The first kappa shape index (κ1) is 14.8. The third kappa shape index (κ3) is 3.30. The van der Waals surface area contributed by atoms with Crippen molar-refractivity contribution in [1.82, 2.24) is 9.55 Å². The SMILES string of the molecule is CCn1c(NC(=O)OC(C)(C)C)nc2ccc(Br)cc21. The van der Waals surface area contributed by atoms with E-state index in [2.05, 4.69) is 26.2 Å². The lowest BCUT2D eigenvalue weighted by Gasteiger charge is -2.19. The number of aryl methyl sites for hydroxylation is 1. The van der Waals surface area contributed by atoms with Crippen LogP contribution in [0.3, 0.4) is 0 Å². The number of nitrogens with one attached hydrogen (secondary N) is 1. The Morgan fingerprint density at radius 2 is 2.15 bits per heavy atom. The average Bonchev–Trinajstić information content (AvgIpc) is 2.62. The smallest absolute Gasteiger partial charge is 0.414 e. The van der Waals surface area contributed by atoms with Gasteiger partial charge in [0.25, 0.3) is 0 Å². The summed E-state index contributed by atoms with van der Waals surface area (Å²) < 4.78 is 8.16. The van der Waals surface area contributed by atoms with Gasteiger partial charge in [-0.2, -0.15) is 0 Å². The quantitative estimate of drug-likeness (QED) is 0.893. The summed E-state index contributed by atoms with van der Waals surface area (Å²) >= 11 is 3.44. The molecule has 1 aromatic carbocycles. The van der Waals surface area contributed by atoms with Crippen molar-refractivity contribution >= 4 is 39.0 Å². The minimum absolute atomic E-state index is 0.495. The number of nitrogens with zero attached hydrogens (tertiary/aromatic N) is 2. The summed E-state index contributed by atoms with van der Waals surface area (Å²) in [6.07, 6.45) is -0.499. The Labute approximate surface area is 126 Å². The number of ether oxygens (including phenoxy) is 1. The Hall–Kier alpha value is -1.56. The lowest BCUT2D eigenvalue weighted by Crippen LogP contribution is -2.28. The Morgan fingerprint density at radius 1 is 1.45 bits per heavy atom. The lowest BCUT2D eigenvalue weighted by molar-refractivity contribution is 0.0634. The molecular formula is C14H18BrN3O2. The van der Waals surface area contributed by atoms with Crippen LogP contribution in [-0.2, 0) is 11.3 Å². The molecule has 0 bridgehead atoms. The Kier molecular flexibility index (Phi) is 4.04. The van der Waals surface area contributed by atoms with E-state index >= 15 is 0 Å². The van der Waals surface area contributed by atoms with Crippen LogP contribution in [-0.4, -0.2) is 21.2 Å². The third-order valence-corrected chi connectivity index (χ3v) is 3.13. The maximum atomic E-state index is 11.8. The monoisotopic (exact) mass is 339 g/mol. The van der Waals surface area contributed by atoms with Crippen molar-refractivity contribution in [2.24, 2.45) is 0 Å². The van der Waals surface area contributed by atoms with Gasteiger partial charge in [-0.1, -0.05) is 15.9 Å². The van der Waals surface area contributed by atoms with E-state index in [1.54, 1.807) is 0 Å². The molecule has 1 N–H and O–H groups in total. The van der Waals surface area contributed by atoms with Gasteiger partial charge in [0, 0.05) is 11.0 Å². The highest BCUT2D eigenvalue weighted by atomic mass is 79.9. The predicted octanol–water partition coefficient (Wildman–Crippen LogP) is 4.17. The van der Waals surface area contributed by atoms with Crippen LogP contribution in [0.1, 0.15) is 27.7 Å². The molecule has 1 aromatic heterocycles. The van der Waals surface area contributed by atoms with Crippen LogP contribution >= 0.6 is 15.9 Å². The molecule has 5 nitrogen and oxygen atoms in total. The third-order valence-electron chi connectivity index (χ3n) is 2.64. The molecule has 0 spiro atoms. The predicted molar refractivity (Wildman–Crippen MR) is 83.0 cm³/mol. The van der Waals surface area contributed by atoms with Crippen LogP contribution in [0.15, 0.2) is 22.7 Å². The molecule has 0 aliphatic rings. The van der Waals surface area contributed by atoms with Gasteiger partial charge in [-0.25, -0.2) is 9.78 Å². The highest BCUT2D eigenvalue weighted by Gasteiger charge is 2.19. The summed E-state index contributed by atoms with van der Waals surface area (Å²) in [7, 11) is 0. The van der Waals surface area contributed by atoms with Gasteiger partial charge in [-0.15, -0.1) is 0 Å². The molecular weight excluding hydrogens is 322 g/mol. The van der Waals surface area contributed by atoms with E-state index in [0.717, 1.165) is 15.5 Å². The van der Waals surface area contributed by atoms with Crippen molar-refractivity contribution in [2.45, 2.75) is 39.8 Å². The first-order valence-corrected chi connectivity index (χ1v) is 7.25. The number of fused-ring (bicyclic) bond motifs is 1. The molecule has 0 saturated carbocycles. The number of hydrogen-bond acceptors (Lipinski definition) is 3. The fourth-order valence-corrected chi connectivity index (χ4v) is 2.26. The van der Waals surface area contributed by atoms with Gasteiger partial charge < -0.3 is 9.30 Å². The van der Waals surface area contributed by atoms with Crippen LogP contribution < -0.4 is 5.32 Å². The number of hydrogen-bond donors (Lipinski definition) is 1. The van der Waals surface area contributed by atoms with E-state index in [0.29, 0.717) is 12.5 Å². The molecule has 6 heteroatoms. The topological polar surface area (TPSA) is 56.2 Å². The summed E-state index contributed by atoms with van der Waals surface area (Å²) in [5.74, 6) is 0.495. The molecule has 108 valence electrons. The molecule has 0 radical (unpaired) electrons. The standard InChI is InChI=1S/C14H18BrN3O2/c1-5-18-11-8-9(15)6-7-10(11)16-12(18)17-13(19)20-14(2,3)4/h6-8H,5H2,1-4H3,(H,16,17,19). The molecule has 0 saturated heterocycles. The molecule has 2 aromatic rings. The fraction of sp³-hybridized carbons (Fsp3) is 0.429. The number of carbonyl (C=O) groups excluding carboxylic acids is 1. The summed E-state index contributed by atoms with van der Waals surface area (Å²) in [6, 6.07) is 5.81. The maximum absolute atomic E-state index is 11.8. The molecule has 0 unspecified atom stereocenters. The van der Waals surface area contributed by atoms with Crippen LogP contribution in [0, 0.1) is 0 Å². The van der Waals surface area contributed by atoms with Gasteiger partial charge in [0.05, 0.1) is 11.0 Å². The van der Waals surface area contributed by atoms with Crippen LogP contribution in [0.5, 0.6) is 0 Å². The van der Waals surface area contributed by atoms with Gasteiger partial charge in [-0.05, 0) is 45.9 Å². The second-order valence-electron chi connectivity index (χ2n) is 5.44. The van der Waals surface area contributed by atoms with Crippen molar-refractivity contribution in [2.75, 3.05) is 5.32 Å². The number of amides is 1. The number of halogens is 1. The molecule has 2 rings (SSSR count). The van der Waals surface area contributed by atoms with E-state index in [1.165, 1.54) is 0 Å². The summed E-state index contributed by atoms with van der Waals surface area (Å²) in [5.41, 5.74) is 1.27. The maximum Gasteiger partial charge on any atom is 0.414 e. The molecule has 20 heavy (non-hydrogen) atoms. The minimum Gasteiger partial charge on any atom is -0.444 e. The Balaban J connectivity index is 2.32. The zero-order chi connectivity index (χ0) is 14.9. The number of imidazole rings is 1. The first-order chi connectivity index (χ1) is 9.30. The summed E-state index contributed by atoms with van der Waals surface area (Å²) in [6.45, 7) is 8.19. The Bertz CT molecular complexity index is 644. The number of aromatic nitrogens is 2. The van der Waals surface area contributed by atoms with Crippen LogP contribution in [0.2, 0.25) is 0 Å². The minimum atomic E-state index is -0.532. The van der Waals surface area contributed by atoms with E-state index in [9.17, 15) is 4.79 Å². The van der Waals surface area contributed by atoms with Crippen LogP contribution in [0.25, 0.3) is 11.0 Å². The Morgan fingerprint density at radius 3 is 2.75 bits per heavy atom. The largest absolute Gasteiger partial charge is 0.444 e. The fourth-order valence-electron chi connectivity index (χ4n) is 1.91. The molecule has 0 fully saturated rings. The van der Waals surface area contributed by atoms with Gasteiger partial charge >= 0.3 is 6.09 Å². The zero-order valence-electron chi connectivity index (χ0n) is 12.0. The van der Waals surface area contributed by atoms with Gasteiger partial charge in [-0.3, -0.25) is 5.32 Å². The summed E-state index contributed by atoms with van der Waals surface area (Å²) in [5, 5.41) is 2.70. The first-order valence-electron chi connectivity index (χ1n) is 6.46. The lowest BCUT2D eigenvalue weighted by atomic mass is 10.2. The number of carbonyl (C=O) groups is 1. The number of anilines is 1. The normalized spacial score (nSPS) is 11.7. The number of benzene rings is 1. The van der Waals surface area contributed by atoms with E-state index < -0.39 is 11.7 Å². The van der Waals surface area contributed by atoms with Crippen molar-refractivity contribution in [1.29, 1.82) is 0 Å². The summed E-state index contributed by atoms with van der Waals surface area (Å²) in [4.78, 5) is 16.3. The van der Waals surface area contributed by atoms with Crippen molar-refractivity contribution in [3.63, 3.8) is 0 Å². The highest BCUT2D eigenvalue weighted by molar-refractivity contribution is 9.10. The van der Waals surface area contributed by atoms with E-state index in [-0.39, 0.29) is 0 Å². The average molecular weight is 340 g/mol. The molecule has 1 heterocycles. The zero-order valence-corrected chi connectivity index (χ0v) is 13.6. The van der Waals surface area contributed by atoms with Crippen molar-refractivity contribution < 1.29 is 9.53 Å². The second-order valence-corrected chi connectivity index (χ2v) is 6.36. The van der Waals surface area contributed by atoms with Crippen molar-refractivity contribution in [3.05, 3.63) is 22.7 Å². The van der Waals surface area contributed by atoms with Crippen molar-refractivity contribution in [3.8, 4) is 0 Å². The van der Waals surface area contributed by atoms with Gasteiger partial charge in [0.1, 0.15) is 5.60 Å².